The molecule has 0 amide bonds. The van der Waals surface area contributed by atoms with E-state index in [-0.39, 0.29) is 18.5 Å². The molecular weight excluding hydrogens is 532 g/mol. The molecule has 1 N–H and O–H groups in total. The van der Waals surface area contributed by atoms with Gasteiger partial charge in [-0.2, -0.15) is 0 Å². The minimum Gasteiger partial charge on any atom is -0.481 e. The van der Waals surface area contributed by atoms with Crippen molar-refractivity contribution in [1.29, 1.82) is 0 Å². The molecule has 0 aromatic carbocycles. The van der Waals surface area contributed by atoms with Crippen LogP contribution in [-0.2, 0) is 14.3 Å². The third-order valence-electron chi connectivity index (χ3n) is 8.43. The zero-order valence-corrected chi connectivity index (χ0v) is 28.8. The number of carboxylic acids is 1. The van der Waals surface area contributed by atoms with Crippen molar-refractivity contribution in [3.05, 3.63) is 24.3 Å². The van der Waals surface area contributed by atoms with Gasteiger partial charge in [0.15, 0.2) is 0 Å². The maximum Gasteiger partial charge on any atom is 0.306 e. The Hall–Kier alpha value is -1.58. The van der Waals surface area contributed by atoms with Crippen molar-refractivity contribution in [1.82, 2.24) is 0 Å². The van der Waals surface area contributed by atoms with Crippen LogP contribution in [0.1, 0.15) is 206 Å². The lowest BCUT2D eigenvalue weighted by atomic mass is 10.0. The molecule has 252 valence electrons. The number of unbranched alkanes of at least 4 members (excludes halogenated alkanes) is 21. The molecule has 0 heterocycles. The van der Waals surface area contributed by atoms with E-state index < -0.39 is 5.97 Å². The Kier molecular flexibility index (Phi) is 33.6. The summed E-state index contributed by atoms with van der Waals surface area (Å²) in [7, 11) is 0. The molecule has 43 heavy (non-hydrogen) atoms. The maximum atomic E-state index is 12.5. The van der Waals surface area contributed by atoms with Crippen LogP contribution in [0, 0.1) is 0 Å². The lowest BCUT2D eigenvalue weighted by Crippen LogP contribution is -2.18. The van der Waals surface area contributed by atoms with Gasteiger partial charge in [-0.1, -0.05) is 147 Å². The Morgan fingerprint density at radius 2 is 0.907 bits per heavy atom. The van der Waals surface area contributed by atoms with E-state index in [4.69, 9.17) is 9.84 Å². The van der Waals surface area contributed by atoms with Gasteiger partial charge in [0.2, 0.25) is 0 Å². The van der Waals surface area contributed by atoms with Gasteiger partial charge in [0.25, 0.3) is 0 Å². The second kappa shape index (κ2) is 34.9. The van der Waals surface area contributed by atoms with Gasteiger partial charge in [-0.25, -0.2) is 0 Å². The minimum atomic E-state index is -0.695. The Balaban J connectivity index is 3.64. The van der Waals surface area contributed by atoms with E-state index >= 15 is 0 Å². The molecule has 0 aliphatic heterocycles. The summed E-state index contributed by atoms with van der Waals surface area (Å²) in [6.45, 7) is 4.47. The zero-order chi connectivity index (χ0) is 31.5. The third kappa shape index (κ3) is 34.8. The van der Waals surface area contributed by atoms with Crippen molar-refractivity contribution >= 4 is 11.9 Å². The van der Waals surface area contributed by atoms with E-state index in [1.807, 2.05) is 0 Å². The van der Waals surface area contributed by atoms with Crippen molar-refractivity contribution in [3.8, 4) is 0 Å². The highest BCUT2D eigenvalue weighted by molar-refractivity contribution is 5.69. The van der Waals surface area contributed by atoms with Crippen LogP contribution in [-0.4, -0.2) is 23.1 Å². The van der Waals surface area contributed by atoms with Gasteiger partial charge >= 0.3 is 11.9 Å². The van der Waals surface area contributed by atoms with Gasteiger partial charge in [0.05, 0.1) is 0 Å². The van der Waals surface area contributed by atoms with Gasteiger partial charge in [-0.15, -0.1) is 0 Å². The van der Waals surface area contributed by atoms with Crippen molar-refractivity contribution in [3.63, 3.8) is 0 Å². The number of ether oxygens (including phenoxy) is 1. The molecule has 0 aliphatic rings. The monoisotopic (exact) mass is 605 g/mol. The quantitative estimate of drug-likeness (QED) is 0.0451. The zero-order valence-electron chi connectivity index (χ0n) is 28.8. The molecular formula is C39H72O4. The van der Waals surface area contributed by atoms with E-state index in [9.17, 15) is 9.59 Å². The van der Waals surface area contributed by atoms with Crippen molar-refractivity contribution < 1.29 is 19.4 Å². The third-order valence-corrected chi connectivity index (χ3v) is 8.43. The van der Waals surface area contributed by atoms with Crippen LogP contribution in [0.4, 0.5) is 0 Å². The van der Waals surface area contributed by atoms with E-state index in [0.717, 1.165) is 77.0 Å². The fraction of sp³-hybridized carbons (Fsp3) is 0.846. The molecule has 1 unspecified atom stereocenters. The van der Waals surface area contributed by atoms with E-state index in [0.29, 0.717) is 6.42 Å². The van der Waals surface area contributed by atoms with E-state index in [1.165, 1.54) is 103 Å². The van der Waals surface area contributed by atoms with Crippen LogP contribution in [0.2, 0.25) is 0 Å². The summed E-state index contributed by atoms with van der Waals surface area (Å²) >= 11 is 0. The number of hydrogen-bond donors (Lipinski definition) is 1. The number of hydrogen-bond acceptors (Lipinski definition) is 3. The molecule has 4 nitrogen and oxygen atoms in total. The molecule has 1 atom stereocenters. The highest BCUT2D eigenvalue weighted by Crippen LogP contribution is 2.18. The van der Waals surface area contributed by atoms with Crippen LogP contribution in [0.15, 0.2) is 24.3 Å². The first-order valence-corrected chi connectivity index (χ1v) is 18.8. The number of rotatable bonds is 34. The molecule has 0 aromatic heterocycles. The topological polar surface area (TPSA) is 63.6 Å². The summed E-state index contributed by atoms with van der Waals surface area (Å²) in [5, 5.41) is 8.72. The molecule has 0 radical (unpaired) electrons. The van der Waals surface area contributed by atoms with E-state index in [1.54, 1.807) is 0 Å². The van der Waals surface area contributed by atoms with Crippen LogP contribution in [0.25, 0.3) is 0 Å². The Morgan fingerprint density at radius 1 is 0.512 bits per heavy atom. The standard InChI is InChI=1S/C39H72O4/c1-3-5-7-8-9-10-11-12-13-14-15-16-17-18-19-20-21-22-23-28-32-36-39(42)43-37(33-29-6-4-2)34-30-26-24-25-27-31-35-38(40)41/h9-10,12-13,37H,3-8,11,14-36H2,1-2H3,(H,40,41)/b10-9-,13-12-. The van der Waals surface area contributed by atoms with Gasteiger partial charge < -0.3 is 9.84 Å². The fourth-order valence-electron chi connectivity index (χ4n) is 5.63. The number of carboxylic acid groups (broad SMARTS) is 1. The number of aliphatic carboxylic acids is 1. The van der Waals surface area contributed by atoms with Crippen molar-refractivity contribution in [2.75, 3.05) is 0 Å². The van der Waals surface area contributed by atoms with E-state index in [2.05, 4.69) is 38.2 Å². The lowest BCUT2D eigenvalue weighted by molar-refractivity contribution is -0.150. The van der Waals surface area contributed by atoms with Gasteiger partial charge in [-0.3, -0.25) is 9.59 Å². The van der Waals surface area contributed by atoms with Crippen molar-refractivity contribution in [2.45, 2.75) is 213 Å². The lowest BCUT2D eigenvalue weighted by Gasteiger charge is -2.18. The Morgan fingerprint density at radius 3 is 1.42 bits per heavy atom. The highest BCUT2D eigenvalue weighted by atomic mass is 16.5. The first-order valence-electron chi connectivity index (χ1n) is 18.8. The predicted molar refractivity (Wildman–Crippen MR) is 186 cm³/mol. The first-order chi connectivity index (χ1) is 21.1. The average Bonchev–Trinajstić information content (AvgIpc) is 2.99. The van der Waals surface area contributed by atoms with Gasteiger partial charge in [-0.05, 0) is 70.6 Å². The largest absolute Gasteiger partial charge is 0.481 e. The summed E-state index contributed by atoms with van der Waals surface area (Å²) in [4.78, 5) is 23.1. The molecule has 0 aromatic rings. The Bertz CT molecular complexity index is 654. The summed E-state index contributed by atoms with van der Waals surface area (Å²) in [5.41, 5.74) is 0. The van der Waals surface area contributed by atoms with Gasteiger partial charge in [0, 0.05) is 12.8 Å². The van der Waals surface area contributed by atoms with Crippen LogP contribution in [0.3, 0.4) is 0 Å². The molecule has 0 rings (SSSR count). The predicted octanol–water partition coefficient (Wildman–Crippen LogP) is 12.8. The highest BCUT2D eigenvalue weighted by Gasteiger charge is 2.14. The van der Waals surface area contributed by atoms with Crippen LogP contribution in [0.5, 0.6) is 0 Å². The van der Waals surface area contributed by atoms with Crippen LogP contribution >= 0.6 is 0 Å². The summed E-state index contributed by atoms with van der Waals surface area (Å²) in [6, 6.07) is 0. The molecule has 0 saturated carbocycles. The number of carbonyl (C=O) groups is 2. The molecule has 0 fully saturated rings. The number of allylic oxidation sites excluding steroid dienone is 4. The molecule has 0 spiro atoms. The van der Waals surface area contributed by atoms with Crippen molar-refractivity contribution in [2.24, 2.45) is 0 Å². The number of esters is 1. The Labute approximate surface area is 267 Å². The minimum absolute atomic E-state index is 0.000280. The average molecular weight is 605 g/mol. The molecule has 4 heteroatoms. The second-order valence-corrected chi connectivity index (χ2v) is 12.8. The maximum absolute atomic E-state index is 12.5. The molecule has 0 bridgehead atoms. The summed E-state index contributed by atoms with van der Waals surface area (Å²) in [6.07, 6.45) is 43.7. The fourth-order valence-corrected chi connectivity index (χ4v) is 5.63. The first kappa shape index (κ1) is 41.4. The SMILES string of the molecule is CCCCC/C=C\C/C=C\CCCCCCCCCCCCCC(=O)OC(CCCCC)CCCCCCCCC(=O)O. The normalized spacial score (nSPS) is 12.4. The summed E-state index contributed by atoms with van der Waals surface area (Å²) < 4.78 is 5.90. The van der Waals surface area contributed by atoms with Crippen LogP contribution < -0.4 is 0 Å². The number of carbonyl (C=O) groups excluding carboxylic acids is 1. The molecule has 0 aliphatic carbocycles. The van der Waals surface area contributed by atoms with Gasteiger partial charge in [0.1, 0.15) is 6.10 Å². The second-order valence-electron chi connectivity index (χ2n) is 12.8. The smallest absolute Gasteiger partial charge is 0.306 e. The summed E-state index contributed by atoms with van der Waals surface area (Å²) in [5.74, 6) is -0.695. The molecule has 0 saturated heterocycles.